The Balaban J connectivity index is 1.70. The van der Waals surface area contributed by atoms with Gasteiger partial charge in [-0.25, -0.2) is 9.69 Å². The second kappa shape index (κ2) is 10.6. The van der Waals surface area contributed by atoms with E-state index in [9.17, 15) is 14.4 Å². The predicted molar refractivity (Wildman–Crippen MR) is 139 cm³/mol. The first-order valence-corrected chi connectivity index (χ1v) is 12.2. The molecule has 1 aliphatic heterocycles. The van der Waals surface area contributed by atoms with Crippen molar-refractivity contribution in [1.82, 2.24) is 0 Å². The summed E-state index contributed by atoms with van der Waals surface area (Å²) in [4.78, 5) is 41.0. The van der Waals surface area contributed by atoms with Gasteiger partial charge in [-0.2, -0.15) is 0 Å². The zero-order valence-corrected chi connectivity index (χ0v) is 21.1. The Bertz CT molecular complexity index is 1320. The van der Waals surface area contributed by atoms with Gasteiger partial charge < -0.3 is 10.1 Å². The van der Waals surface area contributed by atoms with Crippen LogP contribution in [0.25, 0.3) is 0 Å². The molecule has 1 aliphatic rings. The molecule has 6 nitrogen and oxygen atoms in total. The van der Waals surface area contributed by atoms with E-state index in [1.54, 1.807) is 25.1 Å². The highest BCUT2D eigenvalue weighted by molar-refractivity contribution is 8.04. The van der Waals surface area contributed by atoms with Crippen molar-refractivity contribution in [1.29, 1.82) is 0 Å². The molecule has 178 valence electrons. The number of nitrogens with zero attached hydrogens (tertiary/aromatic N) is 1. The molecule has 0 fully saturated rings. The van der Waals surface area contributed by atoms with Gasteiger partial charge in [0.15, 0.2) is 0 Å². The van der Waals surface area contributed by atoms with E-state index in [1.807, 2.05) is 31.2 Å². The third-order valence-electron chi connectivity index (χ3n) is 5.05. The molecule has 3 aromatic carbocycles. The third kappa shape index (κ3) is 5.53. The summed E-state index contributed by atoms with van der Waals surface area (Å²) in [6.07, 6.45) is 0. The zero-order chi connectivity index (χ0) is 25.1. The summed E-state index contributed by atoms with van der Waals surface area (Å²) in [5, 5.41) is 3.81. The topological polar surface area (TPSA) is 75.7 Å². The number of imide groups is 1. The highest BCUT2D eigenvalue weighted by Crippen LogP contribution is 2.38. The monoisotopic (exact) mass is 526 g/mol. The molecule has 4 rings (SSSR count). The minimum Gasteiger partial charge on any atom is -0.462 e. The minimum atomic E-state index is -0.537. The van der Waals surface area contributed by atoms with Crippen LogP contribution in [0, 0.1) is 6.92 Å². The molecule has 0 saturated carbocycles. The van der Waals surface area contributed by atoms with Crippen LogP contribution < -0.4 is 10.2 Å². The SMILES string of the molecule is CCOC(=O)c1ccc(N2C(=O)C(Nc3cc(Cl)cc(Cl)c3)=C(Sc3ccc(C)cc3)C2=O)cc1. The number of carbonyl (C=O) groups excluding carboxylic acids is 3. The number of hydrogen-bond donors (Lipinski definition) is 1. The number of thioether (sulfide) groups is 1. The molecular formula is C26H20Cl2N2O4S. The number of rotatable bonds is 7. The van der Waals surface area contributed by atoms with E-state index >= 15 is 0 Å². The molecule has 0 unspecified atom stereocenters. The summed E-state index contributed by atoms with van der Waals surface area (Å²) in [5.41, 5.74) is 2.31. The van der Waals surface area contributed by atoms with Crippen molar-refractivity contribution in [2.75, 3.05) is 16.8 Å². The summed E-state index contributed by atoms with van der Waals surface area (Å²) in [7, 11) is 0. The van der Waals surface area contributed by atoms with Crippen molar-refractivity contribution < 1.29 is 19.1 Å². The fourth-order valence-corrected chi connectivity index (χ4v) is 4.86. The molecule has 0 bridgehead atoms. The number of amides is 2. The smallest absolute Gasteiger partial charge is 0.338 e. The van der Waals surface area contributed by atoms with Gasteiger partial charge in [0.05, 0.1) is 17.9 Å². The normalized spacial score (nSPS) is 13.4. The number of nitrogens with one attached hydrogen (secondary N) is 1. The van der Waals surface area contributed by atoms with Gasteiger partial charge in [-0.1, -0.05) is 52.7 Å². The lowest BCUT2D eigenvalue weighted by atomic mass is 10.2. The first-order chi connectivity index (χ1) is 16.8. The van der Waals surface area contributed by atoms with Gasteiger partial charge in [-0.05, 0) is 68.4 Å². The van der Waals surface area contributed by atoms with Crippen LogP contribution in [0.15, 0.2) is 82.2 Å². The molecule has 1 N–H and O–H groups in total. The average molecular weight is 527 g/mol. The number of benzene rings is 3. The van der Waals surface area contributed by atoms with Crippen molar-refractivity contribution in [3.8, 4) is 0 Å². The van der Waals surface area contributed by atoms with Crippen molar-refractivity contribution in [2.45, 2.75) is 18.7 Å². The third-order valence-corrected chi connectivity index (χ3v) is 6.58. The molecular weight excluding hydrogens is 507 g/mol. The Labute approximate surface area is 216 Å². The molecule has 0 spiro atoms. The molecule has 2 amide bonds. The first-order valence-electron chi connectivity index (χ1n) is 10.6. The molecule has 1 heterocycles. The average Bonchev–Trinajstić information content (AvgIpc) is 3.04. The van der Waals surface area contributed by atoms with Crippen LogP contribution in [0.5, 0.6) is 0 Å². The van der Waals surface area contributed by atoms with Crippen LogP contribution in [-0.2, 0) is 14.3 Å². The van der Waals surface area contributed by atoms with Gasteiger partial charge >= 0.3 is 5.97 Å². The highest BCUT2D eigenvalue weighted by Gasteiger charge is 2.40. The van der Waals surface area contributed by atoms with Crippen molar-refractivity contribution >= 4 is 64.1 Å². The lowest BCUT2D eigenvalue weighted by Crippen LogP contribution is -2.32. The maximum Gasteiger partial charge on any atom is 0.338 e. The van der Waals surface area contributed by atoms with Crippen LogP contribution in [0.2, 0.25) is 10.0 Å². The summed E-state index contributed by atoms with van der Waals surface area (Å²) in [6, 6.07) is 18.5. The Kier molecular flexibility index (Phi) is 7.50. The quantitative estimate of drug-likeness (QED) is 0.281. The van der Waals surface area contributed by atoms with E-state index in [2.05, 4.69) is 5.32 Å². The Morgan fingerprint density at radius 1 is 0.943 bits per heavy atom. The van der Waals surface area contributed by atoms with E-state index in [1.165, 1.54) is 36.0 Å². The van der Waals surface area contributed by atoms with Crippen molar-refractivity contribution in [2.24, 2.45) is 0 Å². The number of esters is 1. The molecule has 0 aromatic heterocycles. The van der Waals surface area contributed by atoms with Crippen LogP contribution in [0.1, 0.15) is 22.8 Å². The largest absolute Gasteiger partial charge is 0.462 e. The Morgan fingerprint density at radius 2 is 1.57 bits per heavy atom. The number of aryl methyl sites for hydroxylation is 1. The Morgan fingerprint density at radius 3 is 2.17 bits per heavy atom. The van der Waals surface area contributed by atoms with Crippen LogP contribution in [0.3, 0.4) is 0 Å². The van der Waals surface area contributed by atoms with Gasteiger partial charge in [0.25, 0.3) is 11.8 Å². The van der Waals surface area contributed by atoms with E-state index < -0.39 is 17.8 Å². The number of hydrogen-bond acceptors (Lipinski definition) is 6. The molecule has 9 heteroatoms. The zero-order valence-electron chi connectivity index (χ0n) is 18.8. The van der Waals surface area contributed by atoms with Crippen molar-refractivity contribution in [3.63, 3.8) is 0 Å². The standard InChI is InChI=1S/C26H20Cl2N2O4S/c1-3-34-26(33)16-6-8-20(9-7-16)30-24(31)22(29-19-13-17(27)12-18(28)14-19)23(25(30)32)35-21-10-4-15(2)5-11-21/h4-14,29H,3H2,1-2H3. The maximum atomic E-state index is 13.5. The maximum absolute atomic E-state index is 13.5. The molecule has 3 aromatic rings. The van der Waals surface area contributed by atoms with Crippen LogP contribution in [-0.4, -0.2) is 24.4 Å². The fraction of sp³-hybridized carbons (Fsp3) is 0.115. The summed E-state index contributed by atoms with van der Waals surface area (Å²) in [6.45, 7) is 3.93. The van der Waals surface area contributed by atoms with Crippen molar-refractivity contribution in [3.05, 3.63) is 98.5 Å². The van der Waals surface area contributed by atoms with E-state index in [0.29, 0.717) is 27.0 Å². The first kappa shape index (κ1) is 24.9. The van der Waals surface area contributed by atoms with Gasteiger partial charge in [0.1, 0.15) is 10.6 Å². The molecule has 0 atom stereocenters. The second-order valence-corrected chi connectivity index (χ2v) is 9.57. The summed E-state index contributed by atoms with van der Waals surface area (Å²) >= 11 is 13.4. The van der Waals surface area contributed by atoms with E-state index in [0.717, 1.165) is 15.4 Å². The van der Waals surface area contributed by atoms with Gasteiger partial charge in [-0.3, -0.25) is 9.59 Å². The van der Waals surface area contributed by atoms with Gasteiger partial charge in [0.2, 0.25) is 0 Å². The predicted octanol–water partition coefficient (Wildman–Crippen LogP) is 6.47. The lowest BCUT2D eigenvalue weighted by Gasteiger charge is -2.16. The Hall–Kier alpha value is -3.26. The molecule has 0 saturated heterocycles. The number of ether oxygens (including phenoxy) is 1. The van der Waals surface area contributed by atoms with E-state index in [4.69, 9.17) is 27.9 Å². The van der Waals surface area contributed by atoms with Crippen LogP contribution >= 0.6 is 35.0 Å². The molecule has 0 aliphatic carbocycles. The summed E-state index contributed by atoms with van der Waals surface area (Å²) in [5.74, 6) is -1.50. The number of carbonyl (C=O) groups is 3. The van der Waals surface area contributed by atoms with Gasteiger partial charge in [0, 0.05) is 20.6 Å². The lowest BCUT2D eigenvalue weighted by molar-refractivity contribution is -0.120. The number of halogens is 2. The fourth-order valence-electron chi connectivity index (χ4n) is 3.40. The summed E-state index contributed by atoms with van der Waals surface area (Å²) < 4.78 is 5.00. The highest BCUT2D eigenvalue weighted by atomic mass is 35.5. The van der Waals surface area contributed by atoms with Crippen LogP contribution in [0.4, 0.5) is 11.4 Å². The molecule has 0 radical (unpaired) electrons. The van der Waals surface area contributed by atoms with E-state index in [-0.39, 0.29) is 17.2 Å². The molecule has 35 heavy (non-hydrogen) atoms. The number of anilines is 2. The second-order valence-electron chi connectivity index (χ2n) is 7.62. The van der Waals surface area contributed by atoms with Gasteiger partial charge in [-0.15, -0.1) is 0 Å². The minimum absolute atomic E-state index is 0.105.